The highest BCUT2D eigenvalue weighted by Crippen LogP contribution is 2.19. The molecule has 0 spiro atoms. The van der Waals surface area contributed by atoms with Gasteiger partial charge in [-0.15, -0.1) is 0 Å². The Balaban J connectivity index is 2.16. The third-order valence-corrected chi connectivity index (χ3v) is 3.27. The number of benzene rings is 1. The fraction of sp³-hybridized carbons (Fsp3) is 0.0714. The molecule has 7 heteroatoms. The summed E-state index contributed by atoms with van der Waals surface area (Å²) in [7, 11) is 1.26. The fourth-order valence-electron chi connectivity index (χ4n) is 1.98. The molecule has 21 heavy (non-hydrogen) atoms. The van der Waals surface area contributed by atoms with Crippen molar-refractivity contribution < 1.29 is 9.53 Å². The Kier molecular flexibility index (Phi) is 3.23. The van der Waals surface area contributed by atoms with E-state index < -0.39 is 5.97 Å². The van der Waals surface area contributed by atoms with Crippen LogP contribution in [-0.4, -0.2) is 27.7 Å². The Bertz CT molecular complexity index is 881. The Morgan fingerprint density at radius 3 is 2.71 bits per heavy atom. The van der Waals surface area contributed by atoms with E-state index in [0.717, 1.165) is 5.56 Å². The number of halogens is 1. The number of esters is 1. The Morgan fingerprint density at radius 2 is 2.05 bits per heavy atom. The first kappa shape index (κ1) is 13.4. The molecule has 0 bridgehead atoms. The second-order valence-corrected chi connectivity index (χ2v) is 4.79. The molecule has 0 unspecified atom stereocenters. The van der Waals surface area contributed by atoms with E-state index in [1.165, 1.54) is 17.7 Å². The smallest absolute Gasteiger partial charge is 0.358 e. The van der Waals surface area contributed by atoms with Gasteiger partial charge in [-0.2, -0.15) is 5.10 Å². The molecule has 0 atom stereocenters. The first-order valence-electron chi connectivity index (χ1n) is 6.05. The zero-order chi connectivity index (χ0) is 15.0. The number of hydrogen-bond acceptors (Lipinski definition) is 4. The molecule has 2 aromatic heterocycles. The maximum atomic E-state index is 12.1. The highest BCUT2D eigenvalue weighted by molar-refractivity contribution is 6.30. The van der Waals surface area contributed by atoms with Crippen molar-refractivity contribution >= 4 is 23.1 Å². The highest BCUT2D eigenvalue weighted by Gasteiger charge is 2.13. The summed E-state index contributed by atoms with van der Waals surface area (Å²) >= 11 is 5.84. The van der Waals surface area contributed by atoms with Crippen LogP contribution in [0.15, 0.2) is 41.3 Å². The number of aromatic amines is 1. The van der Waals surface area contributed by atoms with Crippen molar-refractivity contribution in [3.63, 3.8) is 0 Å². The van der Waals surface area contributed by atoms with E-state index in [1.807, 2.05) is 0 Å². The molecule has 0 aliphatic heterocycles. The van der Waals surface area contributed by atoms with Crippen molar-refractivity contribution in [1.82, 2.24) is 14.6 Å². The lowest BCUT2D eigenvalue weighted by molar-refractivity contribution is 0.0593. The van der Waals surface area contributed by atoms with Gasteiger partial charge in [-0.25, -0.2) is 9.31 Å². The lowest BCUT2D eigenvalue weighted by atomic mass is 10.2. The topological polar surface area (TPSA) is 76.5 Å². The lowest BCUT2D eigenvalue weighted by Crippen LogP contribution is -2.10. The molecule has 0 radical (unpaired) electrons. The van der Waals surface area contributed by atoms with Gasteiger partial charge in [0.2, 0.25) is 0 Å². The number of rotatable bonds is 2. The molecule has 2 heterocycles. The van der Waals surface area contributed by atoms with Crippen molar-refractivity contribution in [2.75, 3.05) is 7.11 Å². The van der Waals surface area contributed by atoms with Crippen molar-refractivity contribution in [3.8, 4) is 11.3 Å². The summed E-state index contributed by atoms with van der Waals surface area (Å²) in [6.07, 6.45) is 1.63. The van der Waals surface area contributed by atoms with E-state index in [1.54, 1.807) is 30.5 Å². The van der Waals surface area contributed by atoms with Crippen LogP contribution in [0.1, 0.15) is 10.5 Å². The minimum atomic E-state index is -0.592. The summed E-state index contributed by atoms with van der Waals surface area (Å²) in [4.78, 5) is 26.3. The van der Waals surface area contributed by atoms with Gasteiger partial charge in [-0.3, -0.25) is 4.79 Å². The summed E-state index contributed by atoms with van der Waals surface area (Å²) in [5.74, 6) is -0.592. The number of nitrogens with zero attached hydrogens (tertiary/aromatic N) is 2. The number of methoxy groups -OCH3 is 1. The molecule has 0 saturated heterocycles. The average Bonchev–Trinajstić information content (AvgIpc) is 2.92. The number of hydrogen-bond donors (Lipinski definition) is 1. The van der Waals surface area contributed by atoms with Gasteiger partial charge >= 0.3 is 5.97 Å². The van der Waals surface area contributed by atoms with E-state index >= 15 is 0 Å². The van der Waals surface area contributed by atoms with E-state index in [0.29, 0.717) is 10.7 Å². The van der Waals surface area contributed by atoms with Crippen molar-refractivity contribution in [3.05, 3.63) is 57.6 Å². The quantitative estimate of drug-likeness (QED) is 0.736. The predicted molar refractivity (Wildman–Crippen MR) is 77.6 cm³/mol. The number of ether oxygens (including phenoxy) is 1. The average molecular weight is 304 g/mol. The maximum Gasteiger partial charge on any atom is 0.358 e. The summed E-state index contributed by atoms with van der Waals surface area (Å²) in [6.45, 7) is 0. The minimum absolute atomic E-state index is 0.0799. The Hall–Kier alpha value is -2.60. The molecule has 0 amide bonds. The van der Waals surface area contributed by atoms with Gasteiger partial charge in [-0.05, 0) is 17.7 Å². The SMILES string of the molecule is COC(=O)c1cc2c(=O)[nH]c(-c3ccc(Cl)cc3)cn2n1. The normalized spacial score (nSPS) is 10.8. The fourth-order valence-corrected chi connectivity index (χ4v) is 2.11. The second kappa shape index (κ2) is 5.06. The third kappa shape index (κ3) is 2.41. The Labute approximate surface area is 123 Å². The summed E-state index contributed by atoms with van der Waals surface area (Å²) in [6, 6.07) is 8.40. The molecule has 0 aliphatic carbocycles. The number of aromatic nitrogens is 3. The molecule has 1 aromatic carbocycles. The van der Waals surface area contributed by atoms with Gasteiger partial charge in [0.1, 0.15) is 5.52 Å². The zero-order valence-corrected chi connectivity index (χ0v) is 11.7. The summed E-state index contributed by atoms with van der Waals surface area (Å²) < 4.78 is 5.95. The van der Waals surface area contributed by atoms with Crippen LogP contribution >= 0.6 is 11.6 Å². The number of H-pyrrole nitrogens is 1. The largest absolute Gasteiger partial charge is 0.464 e. The van der Waals surface area contributed by atoms with Gasteiger partial charge in [0.05, 0.1) is 19.0 Å². The molecule has 3 rings (SSSR count). The van der Waals surface area contributed by atoms with Crippen LogP contribution in [0, 0.1) is 0 Å². The minimum Gasteiger partial charge on any atom is -0.464 e. The molecule has 0 fully saturated rings. The van der Waals surface area contributed by atoms with Gasteiger partial charge in [-0.1, -0.05) is 23.7 Å². The number of carbonyl (C=O) groups is 1. The van der Waals surface area contributed by atoms with E-state index in [-0.39, 0.29) is 16.8 Å². The van der Waals surface area contributed by atoms with Crippen LogP contribution < -0.4 is 5.56 Å². The molecular formula is C14H10ClN3O3. The molecular weight excluding hydrogens is 294 g/mol. The summed E-state index contributed by atoms with van der Waals surface area (Å²) in [5, 5.41) is 4.65. The number of nitrogens with one attached hydrogen (secondary N) is 1. The van der Waals surface area contributed by atoms with Crippen LogP contribution in [0.4, 0.5) is 0 Å². The van der Waals surface area contributed by atoms with Gasteiger partial charge in [0.15, 0.2) is 5.69 Å². The second-order valence-electron chi connectivity index (χ2n) is 4.35. The zero-order valence-electron chi connectivity index (χ0n) is 11.0. The van der Waals surface area contributed by atoms with Crippen LogP contribution in [0.2, 0.25) is 5.02 Å². The molecule has 6 nitrogen and oxygen atoms in total. The van der Waals surface area contributed by atoms with Crippen molar-refractivity contribution in [1.29, 1.82) is 0 Å². The van der Waals surface area contributed by atoms with Crippen LogP contribution in [0.25, 0.3) is 16.8 Å². The highest BCUT2D eigenvalue weighted by atomic mass is 35.5. The maximum absolute atomic E-state index is 12.1. The third-order valence-electron chi connectivity index (χ3n) is 3.02. The van der Waals surface area contributed by atoms with Gasteiger partial charge < -0.3 is 9.72 Å². The standard InChI is InChI=1S/C14H10ClN3O3/c1-21-14(20)10-6-12-13(19)16-11(7-18(12)17-10)8-2-4-9(15)5-3-8/h2-7H,1H3,(H,16,19). The first-order valence-corrected chi connectivity index (χ1v) is 6.43. The van der Waals surface area contributed by atoms with Crippen LogP contribution in [0.5, 0.6) is 0 Å². The lowest BCUT2D eigenvalue weighted by Gasteiger charge is -2.02. The van der Waals surface area contributed by atoms with Crippen molar-refractivity contribution in [2.24, 2.45) is 0 Å². The number of fused-ring (bicyclic) bond motifs is 1. The number of carbonyl (C=O) groups excluding carboxylic acids is 1. The molecule has 0 aliphatic rings. The molecule has 106 valence electrons. The Morgan fingerprint density at radius 1 is 1.33 bits per heavy atom. The molecule has 0 saturated carbocycles. The van der Waals surface area contributed by atoms with E-state index in [9.17, 15) is 9.59 Å². The van der Waals surface area contributed by atoms with E-state index in [4.69, 9.17) is 11.6 Å². The van der Waals surface area contributed by atoms with Crippen molar-refractivity contribution in [2.45, 2.75) is 0 Å². The van der Waals surface area contributed by atoms with Gasteiger partial charge in [0, 0.05) is 11.1 Å². The first-order chi connectivity index (χ1) is 10.1. The van der Waals surface area contributed by atoms with E-state index in [2.05, 4.69) is 14.8 Å². The van der Waals surface area contributed by atoms with Crippen LogP contribution in [-0.2, 0) is 4.74 Å². The predicted octanol–water partition coefficient (Wildman–Crippen LogP) is 2.13. The molecule has 1 N–H and O–H groups in total. The summed E-state index contributed by atoms with van der Waals surface area (Å²) in [5.41, 5.74) is 1.37. The molecule has 3 aromatic rings. The van der Waals surface area contributed by atoms with Gasteiger partial charge in [0.25, 0.3) is 5.56 Å². The monoisotopic (exact) mass is 303 g/mol. The van der Waals surface area contributed by atoms with Crippen LogP contribution in [0.3, 0.4) is 0 Å².